The Balaban J connectivity index is 0.00000264. The molecule has 2 amide bonds. The molecule has 1 aromatic carbocycles. The molecule has 1 atom stereocenters. The number of rotatable bonds is 8. The summed E-state index contributed by atoms with van der Waals surface area (Å²) in [4.78, 5) is 23.1. The molecule has 23 heavy (non-hydrogen) atoms. The summed E-state index contributed by atoms with van der Waals surface area (Å²) in [6.45, 7) is 2.66. The van der Waals surface area contributed by atoms with Crippen LogP contribution in [0, 0.1) is 5.92 Å². The van der Waals surface area contributed by atoms with Gasteiger partial charge >= 0.3 is 0 Å². The lowest BCUT2D eigenvalue weighted by molar-refractivity contribution is -0.123. The number of ether oxygens (including phenoxy) is 1. The van der Waals surface area contributed by atoms with Gasteiger partial charge in [0.2, 0.25) is 11.8 Å². The van der Waals surface area contributed by atoms with Crippen LogP contribution in [-0.4, -0.2) is 30.5 Å². The van der Waals surface area contributed by atoms with E-state index in [9.17, 15) is 9.59 Å². The number of carbonyl (C=O) groups excluding carboxylic acids is 2. The Morgan fingerprint density at radius 3 is 2.65 bits per heavy atom. The van der Waals surface area contributed by atoms with Crippen LogP contribution < -0.4 is 21.5 Å². The highest BCUT2D eigenvalue weighted by Gasteiger charge is 2.41. The van der Waals surface area contributed by atoms with Crippen LogP contribution in [0.2, 0.25) is 0 Å². The Morgan fingerprint density at radius 1 is 1.39 bits per heavy atom. The summed E-state index contributed by atoms with van der Waals surface area (Å²) in [5.41, 5.74) is 11.0. The van der Waals surface area contributed by atoms with Gasteiger partial charge in [0, 0.05) is 12.1 Å². The first-order chi connectivity index (χ1) is 10.4. The first kappa shape index (κ1) is 19.3. The van der Waals surface area contributed by atoms with Crippen LogP contribution in [-0.2, 0) is 4.79 Å². The summed E-state index contributed by atoms with van der Waals surface area (Å²) in [7, 11) is 0. The molecule has 1 saturated carbocycles. The normalized spacial score (nSPS) is 15.9. The van der Waals surface area contributed by atoms with Gasteiger partial charge in [-0.15, -0.1) is 12.4 Å². The molecule has 5 N–H and O–H groups in total. The minimum atomic E-state index is -0.508. The first-order valence-corrected chi connectivity index (χ1v) is 7.48. The van der Waals surface area contributed by atoms with Gasteiger partial charge in [0.05, 0.1) is 18.6 Å². The molecule has 0 aromatic heterocycles. The summed E-state index contributed by atoms with van der Waals surface area (Å²) in [5.74, 6) is 0.416. The van der Waals surface area contributed by atoms with E-state index in [2.05, 4.69) is 5.32 Å². The second kappa shape index (κ2) is 8.17. The molecule has 6 nitrogen and oxygen atoms in total. The van der Waals surface area contributed by atoms with Crippen molar-refractivity contribution in [2.45, 2.75) is 31.7 Å². The smallest absolute Gasteiger partial charge is 0.248 e. The van der Waals surface area contributed by atoms with Gasteiger partial charge in [-0.1, -0.05) is 6.07 Å². The molecule has 7 heteroatoms. The fraction of sp³-hybridized carbons (Fsp3) is 0.500. The molecule has 0 radical (unpaired) electrons. The van der Waals surface area contributed by atoms with E-state index in [0.717, 1.165) is 12.8 Å². The number of nitrogens with one attached hydrogen (secondary N) is 1. The van der Waals surface area contributed by atoms with Crippen LogP contribution in [0.4, 0.5) is 0 Å². The van der Waals surface area contributed by atoms with E-state index in [1.54, 1.807) is 24.3 Å². The first-order valence-electron chi connectivity index (χ1n) is 7.48. The molecular weight excluding hydrogens is 318 g/mol. The fourth-order valence-corrected chi connectivity index (χ4v) is 2.42. The topological polar surface area (TPSA) is 107 Å². The van der Waals surface area contributed by atoms with Crippen LogP contribution >= 0.6 is 12.4 Å². The molecule has 1 unspecified atom stereocenters. The van der Waals surface area contributed by atoms with Crippen LogP contribution in [0.3, 0.4) is 0 Å². The third-order valence-electron chi connectivity index (χ3n) is 4.04. The Hall–Kier alpha value is -1.79. The average molecular weight is 342 g/mol. The molecule has 1 aromatic rings. The fourth-order valence-electron chi connectivity index (χ4n) is 2.42. The van der Waals surface area contributed by atoms with Crippen molar-refractivity contribution in [1.82, 2.24) is 5.32 Å². The molecular formula is C16H24ClN3O3. The third kappa shape index (κ3) is 5.41. The number of hydrogen-bond donors (Lipinski definition) is 3. The van der Waals surface area contributed by atoms with Crippen LogP contribution in [0.15, 0.2) is 24.3 Å². The average Bonchev–Trinajstić information content (AvgIpc) is 3.32. The standard InChI is InChI=1S/C16H23N3O3.ClH/c1-16(10-17,12-5-6-12)19-14(20)7-8-22-13-4-2-3-11(9-13)15(18)21;/h2-4,9,12H,5-8,10,17H2,1H3,(H2,18,21)(H,19,20);1H. The van der Waals surface area contributed by atoms with Gasteiger partial charge in [0.25, 0.3) is 0 Å². The van der Waals surface area contributed by atoms with Crippen LogP contribution in [0.1, 0.15) is 36.5 Å². The van der Waals surface area contributed by atoms with Gasteiger partial charge in [-0.05, 0) is 43.9 Å². The number of halogens is 1. The lowest BCUT2D eigenvalue weighted by Gasteiger charge is -2.29. The van der Waals surface area contributed by atoms with E-state index in [-0.39, 0.29) is 36.9 Å². The zero-order valence-electron chi connectivity index (χ0n) is 13.2. The Bertz CT molecular complexity index is 563. The van der Waals surface area contributed by atoms with E-state index < -0.39 is 5.91 Å². The number of benzene rings is 1. The molecule has 0 saturated heterocycles. The van der Waals surface area contributed by atoms with Crippen LogP contribution in [0.25, 0.3) is 0 Å². The minimum absolute atomic E-state index is 0. The lowest BCUT2D eigenvalue weighted by Crippen LogP contribution is -2.53. The summed E-state index contributed by atoms with van der Waals surface area (Å²) >= 11 is 0. The van der Waals surface area contributed by atoms with Crippen molar-refractivity contribution in [2.75, 3.05) is 13.2 Å². The molecule has 0 spiro atoms. The summed E-state index contributed by atoms with van der Waals surface area (Å²) in [6, 6.07) is 6.59. The van der Waals surface area contributed by atoms with E-state index in [0.29, 0.717) is 23.8 Å². The van der Waals surface area contributed by atoms with Crippen molar-refractivity contribution in [2.24, 2.45) is 17.4 Å². The van der Waals surface area contributed by atoms with E-state index >= 15 is 0 Å². The molecule has 0 bridgehead atoms. The molecule has 128 valence electrons. The van der Waals surface area contributed by atoms with Crippen LogP contribution in [0.5, 0.6) is 5.75 Å². The molecule has 0 aliphatic heterocycles. The number of nitrogens with two attached hydrogens (primary N) is 2. The van der Waals surface area contributed by atoms with Gasteiger partial charge in [0.1, 0.15) is 5.75 Å². The van der Waals surface area contributed by atoms with E-state index in [4.69, 9.17) is 16.2 Å². The highest BCUT2D eigenvalue weighted by atomic mass is 35.5. The predicted octanol–water partition coefficient (Wildman–Crippen LogP) is 1.22. The number of carbonyl (C=O) groups is 2. The SMILES string of the molecule is CC(CN)(NC(=O)CCOc1cccc(C(N)=O)c1)C1CC1.Cl. The molecule has 0 heterocycles. The summed E-state index contributed by atoms with van der Waals surface area (Å²) in [5, 5.41) is 3.00. The molecule has 2 rings (SSSR count). The second-order valence-corrected chi connectivity index (χ2v) is 5.93. The third-order valence-corrected chi connectivity index (χ3v) is 4.04. The largest absolute Gasteiger partial charge is 0.493 e. The maximum atomic E-state index is 12.0. The predicted molar refractivity (Wildman–Crippen MR) is 90.6 cm³/mol. The minimum Gasteiger partial charge on any atom is -0.493 e. The van der Waals surface area contributed by atoms with Crippen molar-refractivity contribution >= 4 is 24.2 Å². The van der Waals surface area contributed by atoms with E-state index in [1.165, 1.54) is 0 Å². The van der Waals surface area contributed by atoms with Crippen molar-refractivity contribution in [1.29, 1.82) is 0 Å². The summed E-state index contributed by atoms with van der Waals surface area (Å²) < 4.78 is 5.49. The quantitative estimate of drug-likeness (QED) is 0.660. The van der Waals surface area contributed by atoms with Gasteiger partial charge in [-0.3, -0.25) is 9.59 Å². The highest BCUT2D eigenvalue weighted by Crippen LogP contribution is 2.38. The molecule has 1 aliphatic rings. The Morgan fingerprint density at radius 2 is 2.09 bits per heavy atom. The van der Waals surface area contributed by atoms with Crippen molar-refractivity contribution in [3.05, 3.63) is 29.8 Å². The Labute approximate surface area is 142 Å². The molecule has 1 fully saturated rings. The van der Waals surface area contributed by atoms with Gasteiger partial charge in [-0.2, -0.15) is 0 Å². The summed E-state index contributed by atoms with van der Waals surface area (Å²) in [6.07, 6.45) is 2.47. The Kier molecular flexibility index (Phi) is 6.84. The number of hydrogen-bond acceptors (Lipinski definition) is 4. The zero-order chi connectivity index (χ0) is 16.2. The lowest BCUT2D eigenvalue weighted by atomic mass is 9.96. The second-order valence-electron chi connectivity index (χ2n) is 5.93. The van der Waals surface area contributed by atoms with Crippen molar-refractivity contribution < 1.29 is 14.3 Å². The number of primary amides is 1. The van der Waals surface area contributed by atoms with Gasteiger partial charge < -0.3 is 21.5 Å². The maximum Gasteiger partial charge on any atom is 0.248 e. The van der Waals surface area contributed by atoms with Gasteiger partial charge in [-0.25, -0.2) is 0 Å². The van der Waals surface area contributed by atoms with Crippen molar-refractivity contribution in [3.8, 4) is 5.75 Å². The number of amides is 2. The zero-order valence-corrected chi connectivity index (χ0v) is 14.0. The van der Waals surface area contributed by atoms with E-state index in [1.807, 2.05) is 6.92 Å². The monoisotopic (exact) mass is 341 g/mol. The van der Waals surface area contributed by atoms with Gasteiger partial charge in [0.15, 0.2) is 0 Å². The highest BCUT2D eigenvalue weighted by molar-refractivity contribution is 5.93. The van der Waals surface area contributed by atoms with Crippen molar-refractivity contribution in [3.63, 3.8) is 0 Å². The molecule has 1 aliphatic carbocycles. The maximum absolute atomic E-state index is 12.0.